The summed E-state index contributed by atoms with van der Waals surface area (Å²) in [5.41, 5.74) is 8.41. The average Bonchev–Trinajstić information content (AvgIpc) is 3.91. The van der Waals surface area contributed by atoms with E-state index in [0.717, 1.165) is 80.9 Å². The molecule has 0 saturated heterocycles. The molecular weight excluding hydrogens is 962 g/mol. The molecule has 0 unspecified atom stereocenters. The van der Waals surface area contributed by atoms with Gasteiger partial charge in [0.05, 0.1) is 60.0 Å². The van der Waals surface area contributed by atoms with E-state index in [4.69, 9.17) is 22.2 Å². The first kappa shape index (κ1) is 57.2. The van der Waals surface area contributed by atoms with Crippen molar-refractivity contribution in [3.63, 3.8) is 0 Å². The molecule has 3 N–H and O–H groups in total. The number of aryl methyl sites for hydroxylation is 4. The van der Waals surface area contributed by atoms with E-state index in [1.807, 2.05) is 61.3 Å². The monoisotopic (exact) mass is 1030 g/mol. The predicted octanol–water partition coefficient (Wildman–Crippen LogP) is 6.28. The maximum absolute atomic E-state index is 11.3. The van der Waals surface area contributed by atoms with E-state index in [1.165, 1.54) is 24.9 Å². The SMILES string of the molecule is CC(C)(O)C(C)(C)O.CCc1cc(-c2cnc(CC(C)=O)nc2)ccc1N(C)c1cc2c(cn1)ncn2C.CCc1cc(OS(C)(=O)=O)ccc1N(C)c1cc2c(cn1)ncn2C.[B]c1cnc(NC(C)=O)nc1. The Morgan fingerprint density at radius 3 is 1.58 bits per heavy atom. The van der Waals surface area contributed by atoms with Gasteiger partial charge in [0.2, 0.25) is 11.9 Å². The molecule has 0 aliphatic rings. The number of fused-ring (bicyclic) bond motifs is 2. The van der Waals surface area contributed by atoms with Gasteiger partial charge in [-0.2, -0.15) is 8.42 Å². The van der Waals surface area contributed by atoms with Crippen molar-refractivity contribution >= 4 is 86.1 Å². The second kappa shape index (κ2) is 24.4. The molecule has 6 aromatic heterocycles. The number of imidazole rings is 2. The number of benzene rings is 2. The van der Waals surface area contributed by atoms with Crippen molar-refractivity contribution in [3.05, 3.63) is 115 Å². The summed E-state index contributed by atoms with van der Waals surface area (Å²) < 4.78 is 31.6. The maximum atomic E-state index is 11.3. The minimum absolute atomic E-state index is 0.0568. The molecule has 0 saturated carbocycles. The van der Waals surface area contributed by atoms with E-state index >= 15 is 0 Å². The van der Waals surface area contributed by atoms with E-state index in [1.54, 1.807) is 84.2 Å². The number of aliphatic hydroxyl groups is 2. The third-order valence-electron chi connectivity index (χ3n) is 11.6. The van der Waals surface area contributed by atoms with Crippen molar-refractivity contribution in [1.82, 2.24) is 49.0 Å². The van der Waals surface area contributed by atoms with Gasteiger partial charge in [-0.05, 0) is 94.5 Å². The molecular formula is C52H64BN13O7S. The smallest absolute Gasteiger partial charge is 0.306 e. The first-order chi connectivity index (χ1) is 34.7. The number of anilines is 5. The first-order valence-corrected chi connectivity index (χ1v) is 25.3. The van der Waals surface area contributed by atoms with E-state index < -0.39 is 21.3 Å². The van der Waals surface area contributed by atoms with Gasteiger partial charge in [-0.1, -0.05) is 25.4 Å². The number of rotatable bonds is 13. The lowest BCUT2D eigenvalue weighted by Gasteiger charge is -2.31. The Hall–Kier alpha value is -7.69. The van der Waals surface area contributed by atoms with Gasteiger partial charge in [-0.25, -0.2) is 39.9 Å². The Morgan fingerprint density at radius 1 is 0.676 bits per heavy atom. The fourth-order valence-electron chi connectivity index (χ4n) is 6.81. The lowest BCUT2D eigenvalue weighted by atomic mass is 9.90. The summed E-state index contributed by atoms with van der Waals surface area (Å²) in [7, 11) is 9.65. The Kier molecular flexibility index (Phi) is 18.8. The number of hydrogen-bond acceptors (Lipinski definition) is 17. The van der Waals surface area contributed by atoms with Crippen LogP contribution in [-0.4, -0.2) is 119 Å². The number of amides is 1. The fraction of sp³-hybridized carbons (Fsp3) is 0.346. The lowest BCUT2D eigenvalue weighted by Crippen LogP contribution is -2.44. The van der Waals surface area contributed by atoms with Crippen LogP contribution in [0, 0.1) is 0 Å². The number of Topliss-reactive ketones (excluding diaryl/α,β-unsaturated/α-hetero) is 1. The van der Waals surface area contributed by atoms with E-state index in [-0.39, 0.29) is 24.1 Å². The summed E-state index contributed by atoms with van der Waals surface area (Å²) >= 11 is 0. The fourth-order valence-corrected chi connectivity index (χ4v) is 7.26. The van der Waals surface area contributed by atoms with Gasteiger partial charge in [0.1, 0.15) is 47.9 Å². The summed E-state index contributed by atoms with van der Waals surface area (Å²) in [5, 5.41) is 20.6. The highest BCUT2D eigenvalue weighted by Crippen LogP contribution is 2.33. The molecule has 6 heterocycles. The normalized spacial score (nSPS) is 11.3. The van der Waals surface area contributed by atoms with Crippen LogP contribution >= 0.6 is 0 Å². The minimum Gasteiger partial charge on any atom is -0.387 e. The molecule has 0 fully saturated rings. The predicted molar refractivity (Wildman–Crippen MR) is 290 cm³/mol. The van der Waals surface area contributed by atoms with Crippen LogP contribution in [0.5, 0.6) is 5.75 Å². The van der Waals surface area contributed by atoms with Gasteiger partial charge >= 0.3 is 10.1 Å². The zero-order chi connectivity index (χ0) is 54.7. The summed E-state index contributed by atoms with van der Waals surface area (Å²) in [5.74, 6) is 2.64. The van der Waals surface area contributed by atoms with E-state index in [2.05, 4.69) is 81.3 Å². The molecule has 20 nitrogen and oxygen atoms in total. The van der Waals surface area contributed by atoms with Crippen LogP contribution in [0.1, 0.15) is 72.3 Å². The van der Waals surface area contributed by atoms with Gasteiger partial charge in [0.25, 0.3) is 0 Å². The van der Waals surface area contributed by atoms with Gasteiger partial charge in [-0.15, -0.1) is 0 Å². The van der Waals surface area contributed by atoms with Crippen molar-refractivity contribution in [1.29, 1.82) is 0 Å². The van der Waals surface area contributed by atoms with Crippen LogP contribution in [0.25, 0.3) is 33.2 Å². The van der Waals surface area contributed by atoms with Crippen LogP contribution in [0.4, 0.5) is 29.0 Å². The summed E-state index contributed by atoms with van der Waals surface area (Å²) in [6.45, 7) is 13.4. The second-order valence-electron chi connectivity index (χ2n) is 18.4. The van der Waals surface area contributed by atoms with E-state index in [9.17, 15) is 18.0 Å². The van der Waals surface area contributed by atoms with Gasteiger partial charge in [-0.3, -0.25) is 14.9 Å². The Morgan fingerprint density at radius 2 is 1.15 bits per heavy atom. The zero-order valence-corrected chi connectivity index (χ0v) is 45.0. The highest BCUT2D eigenvalue weighted by atomic mass is 32.2. The molecule has 8 aromatic rings. The second-order valence-corrected chi connectivity index (χ2v) is 20.0. The molecule has 388 valence electrons. The quantitative estimate of drug-likeness (QED) is 0.0849. The van der Waals surface area contributed by atoms with Crippen molar-refractivity contribution in [2.24, 2.45) is 14.1 Å². The number of ketones is 1. The molecule has 0 aliphatic carbocycles. The number of pyridine rings is 2. The van der Waals surface area contributed by atoms with Crippen LogP contribution in [0.3, 0.4) is 0 Å². The Labute approximate surface area is 433 Å². The molecule has 2 aromatic carbocycles. The topological polar surface area (TPSA) is 249 Å². The number of aromatic nitrogens is 10. The number of hydrogen-bond donors (Lipinski definition) is 3. The van der Waals surface area contributed by atoms with Crippen molar-refractivity contribution in [2.75, 3.05) is 35.5 Å². The molecule has 8 rings (SSSR count). The standard InChI is InChI=1S/C23H24N6O.C17H20N4O3S.C6H6BN3O.C6H14O2/c1-5-16-9-17(18-11-24-22(25-12-18)8-15(2)30)6-7-20(16)29(4)23-10-21-19(13-26-23)27-14-28(21)3;1-5-12-8-13(24-25(4,22)23)6-7-15(12)21(3)17-9-16-14(10-18-17)19-11-20(16)2;1-4(11)10-6-8-2-5(7)3-9-6;1-5(2,7)6(3,4)8/h6-7,9-14H,5,8H2,1-4H3;6-11H,5H2,1-4H3;2-3H,1H3,(H,8,9,10,11);7-8H,1-4H3. The molecule has 0 aliphatic heterocycles. The molecule has 22 heteroatoms. The van der Waals surface area contributed by atoms with Crippen LogP contribution in [-0.2, 0) is 53.1 Å². The van der Waals surface area contributed by atoms with Crippen molar-refractivity contribution < 1.29 is 32.4 Å². The lowest BCUT2D eigenvalue weighted by molar-refractivity contribution is -0.116. The highest BCUT2D eigenvalue weighted by Gasteiger charge is 2.32. The first-order valence-electron chi connectivity index (χ1n) is 23.4. The van der Waals surface area contributed by atoms with Crippen LogP contribution in [0.15, 0.2) is 98.4 Å². The highest BCUT2D eigenvalue weighted by molar-refractivity contribution is 7.86. The van der Waals surface area contributed by atoms with Gasteiger partial charge in [0, 0.05) is 89.0 Å². The summed E-state index contributed by atoms with van der Waals surface area (Å²) in [6, 6.07) is 15.6. The summed E-state index contributed by atoms with van der Waals surface area (Å²) in [6.07, 6.45) is 16.4. The molecule has 74 heavy (non-hydrogen) atoms. The average molecular weight is 1030 g/mol. The zero-order valence-electron chi connectivity index (χ0n) is 44.1. The number of carbonyl (C=O) groups excluding carboxylic acids is 2. The van der Waals surface area contributed by atoms with E-state index in [0.29, 0.717) is 17.0 Å². The van der Waals surface area contributed by atoms with Crippen molar-refractivity contribution in [3.8, 4) is 16.9 Å². The molecule has 0 bridgehead atoms. The molecule has 2 radical (unpaired) electrons. The Bertz CT molecular complexity index is 3310. The maximum Gasteiger partial charge on any atom is 0.306 e. The van der Waals surface area contributed by atoms with Crippen LogP contribution in [0.2, 0.25) is 0 Å². The molecule has 1 amide bonds. The largest absolute Gasteiger partial charge is 0.387 e. The third-order valence-corrected chi connectivity index (χ3v) is 12.1. The number of carbonyl (C=O) groups is 2. The van der Waals surface area contributed by atoms with Gasteiger partial charge < -0.3 is 33.3 Å². The van der Waals surface area contributed by atoms with Crippen LogP contribution < -0.4 is 24.8 Å². The molecule has 0 spiro atoms. The molecule has 0 atom stereocenters. The minimum atomic E-state index is -3.55. The Balaban J connectivity index is 0.000000206. The third kappa shape index (κ3) is 15.7. The number of nitrogens with one attached hydrogen (secondary N) is 1. The van der Waals surface area contributed by atoms with Crippen molar-refractivity contribution in [2.45, 2.75) is 85.9 Å². The van der Waals surface area contributed by atoms with Gasteiger partial charge in [0.15, 0.2) is 0 Å². The summed E-state index contributed by atoms with van der Waals surface area (Å²) in [4.78, 5) is 59.6. The number of nitrogens with zero attached hydrogens (tertiary/aromatic N) is 12.